The molecular formula is C27H26FN7O3S. The van der Waals surface area contributed by atoms with Gasteiger partial charge >= 0.3 is 0 Å². The van der Waals surface area contributed by atoms with Gasteiger partial charge in [-0.15, -0.1) is 0 Å². The zero-order chi connectivity index (χ0) is 26.9. The van der Waals surface area contributed by atoms with Crippen molar-refractivity contribution < 1.29 is 18.7 Å². The highest BCUT2D eigenvalue weighted by molar-refractivity contribution is 7.19. The van der Waals surface area contributed by atoms with Gasteiger partial charge in [-0.2, -0.15) is 5.10 Å². The number of nitrogens with zero attached hydrogens (tertiary/aromatic N) is 5. The van der Waals surface area contributed by atoms with Crippen LogP contribution in [0.15, 0.2) is 42.7 Å². The van der Waals surface area contributed by atoms with E-state index in [0.29, 0.717) is 50.0 Å². The van der Waals surface area contributed by atoms with Crippen LogP contribution in [0.5, 0.6) is 0 Å². The summed E-state index contributed by atoms with van der Waals surface area (Å²) in [6.45, 7) is 4.23. The molecule has 0 spiro atoms. The Kier molecular flexibility index (Phi) is 6.90. The Balaban J connectivity index is 1.36. The van der Waals surface area contributed by atoms with Crippen LogP contribution in [0.3, 0.4) is 0 Å². The van der Waals surface area contributed by atoms with Crippen molar-refractivity contribution in [3.63, 3.8) is 0 Å². The Bertz CT molecular complexity index is 1550. The fourth-order valence-electron chi connectivity index (χ4n) is 4.90. The van der Waals surface area contributed by atoms with Crippen molar-refractivity contribution in [1.29, 1.82) is 0 Å². The second-order valence-corrected chi connectivity index (χ2v) is 10.4. The molecule has 4 aromatic rings. The molecule has 0 bridgehead atoms. The Morgan fingerprint density at radius 3 is 2.74 bits per heavy atom. The summed E-state index contributed by atoms with van der Waals surface area (Å²) in [6.07, 6.45) is 4.77. The van der Waals surface area contributed by atoms with E-state index < -0.39 is 5.82 Å². The lowest BCUT2D eigenvalue weighted by atomic mass is 9.95. The number of hydrogen-bond acceptors (Lipinski definition) is 8. The van der Waals surface area contributed by atoms with Gasteiger partial charge in [0.1, 0.15) is 5.69 Å². The summed E-state index contributed by atoms with van der Waals surface area (Å²) in [5.41, 5.74) is 4.71. The van der Waals surface area contributed by atoms with Gasteiger partial charge in [0.2, 0.25) is 11.8 Å². The van der Waals surface area contributed by atoms with E-state index in [1.165, 1.54) is 24.3 Å². The number of halogens is 1. The molecule has 0 atom stereocenters. The number of hydrogen-bond donors (Lipinski definition) is 2. The zero-order valence-electron chi connectivity index (χ0n) is 21.2. The number of benzene rings is 1. The van der Waals surface area contributed by atoms with E-state index in [1.807, 2.05) is 17.0 Å². The summed E-state index contributed by atoms with van der Waals surface area (Å²) in [5.74, 6) is -0.941. The number of ether oxygens (including phenoxy) is 1. The second-order valence-electron chi connectivity index (χ2n) is 9.41. The third kappa shape index (κ3) is 5.18. The molecule has 3 aromatic heterocycles. The topological polar surface area (TPSA) is 114 Å². The molecule has 0 unspecified atom stereocenters. The average molecular weight is 548 g/mol. The Labute approximate surface area is 227 Å². The van der Waals surface area contributed by atoms with E-state index in [9.17, 15) is 9.59 Å². The molecule has 200 valence electrons. The minimum atomic E-state index is -0.527. The summed E-state index contributed by atoms with van der Waals surface area (Å²) < 4.78 is 22.6. The lowest BCUT2D eigenvalue weighted by molar-refractivity contribution is -0.118. The van der Waals surface area contributed by atoms with E-state index in [1.54, 1.807) is 29.2 Å². The smallest absolute Gasteiger partial charge is 0.238 e. The largest absolute Gasteiger partial charge is 0.379 e. The van der Waals surface area contributed by atoms with E-state index in [-0.39, 0.29) is 24.0 Å². The van der Waals surface area contributed by atoms with Crippen LogP contribution in [-0.2, 0) is 27.2 Å². The first-order valence-corrected chi connectivity index (χ1v) is 13.5. The van der Waals surface area contributed by atoms with Crippen LogP contribution in [0.2, 0.25) is 0 Å². The molecule has 2 aliphatic rings. The first-order chi connectivity index (χ1) is 19.0. The number of carbonyl (C=O) groups is 2. The van der Waals surface area contributed by atoms with Crippen molar-refractivity contribution in [3.05, 3.63) is 59.8 Å². The lowest BCUT2D eigenvalue weighted by Crippen LogP contribution is -2.41. The highest BCUT2D eigenvalue weighted by Gasteiger charge is 2.30. The van der Waals surface area contributed by atoms with E-state index in [4.69, 9.17) is 9.84 Å². The van der Waals surface area contributed by atoms with Crippen LogP contribution < -0.4 is 10.6 Å². The van der Waals surface area contributed by atoms with E-state index >= 15 is 4.39 Å². The van der Waals surface area contributed by atoms with Gasteiger partial charge in [0, 0.05) is 49.2 Å². The average Bonchev–Trinajstić information content (AvgIpc) is 3.50. The van der Waals surface area contributed by atoms with Crippen LogP contribution in [0, 0.1) is 5.82 Å². The highest BCUT2D eigenvalue weighted by Crippen LogP contribution is 2.44. The number of pyridine rings is 1. The quantitative estimate of drug-likeness (QED) is 0.380. The minimum absolute atomic E-state index is 0.205. The molecule has 39 heavy (non-hydrogen) atoms. The number of thiazole rings is 1. The summed E-state index contributed by atoms with van der Waals surface area (Å²) in [6, 6.07) is 8.36. The van der Waals surface area contributed by atoms with Gasteiger partial charge in [-0.25, -0.2) is 14.1 Å². The third-order valence-electron chi connectivity index (χ3n) is 6.66. The maximum Gasteiger partial charge on any atom is 0.238 e. The number of morpholine rings is 1. The fourth-order valence-corrected chi connectivity index (χ4v) is 6.02. The summed E-state index contributed by atoms with van der Waals surface area (Å²) in [4.78, 5) is 35.9. The van der Waals surface area contributed by atoms with Gasteiger partial charge in [-0.1, -0.05) is 11.3 Å². The lowest BCUT2D eigenvalue weighted by Gasteiger charge is -2.25. The Morgan fingerprint density at radius 2 is 2.00 bits per heavy atom. The molecule has 6 rings (SSSR count). The number of fused-ring (bicyclic) bond motifs is 3. The third-order valence-corrected chi connectivity index (χ3v) is 7.68. The first kappa shape index (κ1) is 25.3. The van der Waals surface area contributed by atoms with Crippen molar-refractivity contribution in [2.24, 2.45) is 0 Å². The summed E-state index contributed by atoms with van der Waals surface area (Å²) >= 11 is 1.35. The fraction of sp³-hybridized carbons (Fsp3) is 0.296. The molecule has 1 aliphatic carbocycles. The maximum absolute atomic E-state index is 15.7. The van der Waals surface area contributed by atoms with E-state index in [2.05, 4.69) is 20.6 Å². The van der Waals surface area contributed by atoms with E-state index in [0.717, 1.165) is 33.1 Å². The van der Waals surface area contributed by atoms with Gasteiger partial charge in [0.25, 0.3) is 0 Å². The Hall–Kier alpha value is -4.00. The number of carbonyl (C=O) groups excluding carboxylic acids is 2. The predicted octanol–water partition coefficient (Wildman–Crippen LogP) is 3.52. The van der Waals surface area contributed by atoms with Gasteiger partial charge in [-0.3, -0.25) is 19.5 Å². The number of nitrogens with one attached hydrogen (secondary N) is 2. The van der Waals surface area contributed by atoms with Crippen LogP contribution >= 0.6 is 11.3 Å². The molecule has 4 heterocycles. The van der Waals surface area contributed by atoms with Gasteiger partial charge in [-0.05, 0) is 43.2 Å². The van der Waals surface area contributed by atoms with Crippen LogP contribution in [0.4, 0.5) is 15.2 Å². The Morgan fingerprint density at radius 1 is 1.15 bits per heavy atom. The molecule has 12 heteroatoms. The van der Waals surface area contributed by atoms with Gasteiger partial charge < -0.3 is 15.4 Å². The summed E-state index contributed by atoms with van der Waals surface area (Å²) in [5, 5.41) is 10.9. The molecule has 1 aliphatic heterocycles. The summed E-state index contributed by atoms with van der Waals surface area (Å²) in [7, 11) is 0. The van der Waals surface area contributed by atoms with Crippen LogP contribution in [-0.4, -0.2) is 69.3 Å². The van der Waals surface area contributed by atoms with Crippen LogP contribution in [0.1, 0.15) is 18.2 Å². The normalized spacial score (nSPS) is 14.9. The maximum atomic E-state index is 15.7. The van der Waals surface area contributed by atoms with Crippen LogP contribution in [0.25, 0.3) is 27.5 Å². The molecule has 2 amide bonds. The van der Waals surface area contributed by atoms with Crippen molar-refractivity contribution in [3.8, 4) is 27.5 Å². The molecule has 1 aromatic carbocycles. The van der Waals surface area contributed by atoms with Crippen molar-refractivity contribution in [2.75, 3.05) is 43.5 Å². The van der Waals surface area contributed by atoms with Crippen molar-refractivity contribution in [2.45, 2.75) is 19.8 Å². The number of amides is 2. The zero-order valence-corrected chi connectivity index (χ0v) is 22.1. The monoisotopic (exact) mass is 547 g/mol. The number of rotatable bonds is 6. The second kappa shape index (κ2) is 10.6. The number of aromatic nitrogens is 4. The van der Waals surface area contributed by atoms with Gasteiger partial charge in [0.05, 0.1) is 41.7 Å². The number of anilines is 2. The standard InChI is InChI=1S/C27H26FN7O3S/c1-16(36)30-27-32-21-6-5-19-24(17-3-2-8-29-14-17)33-35(25(19)26(21)39-27)22-7-4-18(13-20(22)28)31-23(37)15-34-9-11-38-12-10-34/h2-4,7-8,13-14H,5-6,9-12,15H2,1H3,(H,31,37)(H,30,32,36). The molecule has 1 saturated heterocycles. The molecule has 0 saturated carbocycles. The number of aryl methyl sites for hydroxylation is 1. The first-order valence-electron chi connectivity index (χ1n) is 12.7. The SMILES string of the molecule is CC(=O)Nc1nc2c(s1)-c1c(c(-c3cccnc3)nn1-c1ccc(NC(=O)CN3CCOCC3)cc1F)CC2. The van der Waals surface area contributed by atoms with Crippen molar-refractivity contribution >= 4 is 34.0 Å². The molecule has 2 N–H and O–H groups in total. The molecule has 0 radical (unpaired) electrons. The van der Waals surface area contributed by atoms with Gasteiger partial charge in [0.15, 0.2) is 10.9 Å². The van der Waals surface area contributed by atoms with Crippen molar-refractivity contribution in [1.82, 2.24) is 24.6 Å². The molecule has 10 nitrogen and oxygen atoms in total. The highest BCUT2D eigenvalue weighted by atomic mass is 32.1. The molecule has 1 fully saturated rings. The minimum Gasteiger partial charge on any atom is -0.379 e. The molecular weight excluding hydrogens is 521 g/mol. The predicted molar refractivity (Wildman–Crippen MR) is 145 cm³/mol.